The molecule has 0 saturated heterocycles. The van der Waals surface area contributed by atoms with E-state index >= 15 is 0 Å². The first kappa shape index (κ1) is 12.1. The minimum atomic E-state index is 0.654. The van der Waals surface area contributed by atoms with Crippen molar-refractivity contribution < 1.29 is 0 Å². The first-order valence-corrected chi connectivity index (χ1v) is 5.61. The van der Waals surface area contributed by atoms with Gasteiger partial charge in [0.2, 0.25) is 0 Å². The van der Waals surface area contributed by atoms with Crippen molar-refractivity contribution in [1.29, 1.82) is 0 Å². The van der Waals surface area contributed by atoms with Crippen molar-refractivity contribution in [3.8, 4) is 0 Å². The van der Waals surface area contributed by atoms with E-state index in [9.17, 15) is 0 Å². The molecule has 0 amide bonds. The van der Waals surface area contributed by atoms with E-state index in [1.54, 1.807) is 0 Å². The summed E-state index contributed by atoms with van der Waals surface area (Å²) < 4.78 is 0. The van der Waals surface area contributed by atoms with E-state index < -0.39 is 0 Å². The lowest BCUT2D eigenvalue weighted by molar-refractivity contribution is 0.539. The molecule has 0 saturated carbocycles. The van der Waals surface area contributed by atoms with Gasteiger partial charge in [-0.25, -0.2) is 0 Å². The van der Waals surface area contributed by atoms with E-state index in [-0.39, 0.29) is 0 Å². The molecule has 1 unspecified atom stereocenters. The molecule has 2 nitrogen and oxygen atoms in total. The van der Waals surface area contributed by atoms with Gasteiger partial charge in [0, 0.05) is 19.3 Å². The Balaban J connectivity index is 2.53. The quantitative estimate of drug-likeness (QED) is 0.801. The topological polar surface area (TPSA) is 29.3 Å². The second kappa shape index (κ2) is 5.76. The minimum Gasteiger partial charge on any atom is -0.374 e. The third-order valence-electron chi connectivity index (χ3n) is 2.72. The van der Waals surface area contributed by atoms with Crippen LogP contribution in [0.25, 0.3) is 0 Å². The molecule has 84 valence electrons. The van der Waals surface area contributed by atoms with Crippen LogP contribution in [0.2, 0.25) is 0 Å². The average Bonchev–Trinajstić information content (AvgIpc) is 2.18. The highest BCUT2D eigenvalue weighted by Gasteiger charge is 2.05. The van der Waals surface area contributed by atoms with Gasteiger partial charge in [-0.3, -0.25) is 0 Å². The molecule has 0 spiro atoms. The van der Waals surface area contributed by atoms with E-state index in [2.05, 4.69) is 50.1 Å². The number of aryl methyl sites for hydroxylation is 1. The van der Waals surface area contributed by atoms with E-state index in [1.807, 2.05) is 0 Å². The van der Waals surface area contributed by atoms with Crippen LogP contribution in [-0.2, 0) is 0 Å². The van der Waals surface area contributed by atoms with Crippen molar-refractivity contribution in [1.82, 2.24) is 0 Å². The number of hydrogen-bond donors (Lipinski definition) is 1. The Kier molecular flexibility index (Phi) is 4.63. The standard InChI is InChI=1S/C13H22N2/c1-11-4-6-13(7-5-11)15(3)10-12(2)8-9-14/h4-7,12H,8-10,14H2,1-3H3. The van der Waals surface area contributed by atoms with E-state index in [0.29, 0.717) is 5.92 Å². The predicted octanol–water partition coefficient (Wildman–Crippen LogP) is 2.42. The molecule has 0 radical (unpaired) electrons. The molecule has 1 aromatic carbocycles. The molecular formula is C13H22N2. The fourth-order valence-corrected chi connectivity index (χ4v) is 1.75. The highest BCUT2D eigenvalue weighted by atomic mass is 15.1. The molecule has 0 aromatic heterocycles. The van der Waals surface area contributed by atoms with Crippen LogP contribution in [-0.4, -0.2) is 20.1 Å². The molecule has 0 fully saturated rings. The molecule has 0 bridgehead atoms. The second-order valence-corrected chi connectivity index (χ2v) is 4.40. The van der Waals surface area contributed by atoms with Crippen molar-refractivity contribution in [2.75, 3.05) is 25.0 Å². The zero-order valence-electron chi connectivity index (χ0n) is 10.0. The van der Waals surface area contributed by atoms with Crippen LogP contribution in [0.3, 0.4) is 0 Å². The summed E-state index contributed by atoms with van der Waals surface area (Å²) in [6.07, 6.45) is 1.09. The number of hydrogen-bond acceptors (Lipinski definition) is 2. The molecule has 1 aromatic rings. The Morgan fingerprint density at radius 2 is 1.87 bits per heavy atom. The molecule has 0 heterocycles. The molecule has 0 aliphatic carbocycles. The molecule has 1 rings (SSSR count). The van der Waals surface area contributed by atoms with Crippen LogP contribution in [0.15, 0.2) is 24.3 Å². The largest absolute Gasteiger partial charge is 0.374 e. The SMILES string of the molecule is Cc1ccc(N(C)CC(C)CCN)cc1. The van der Waals surface area contributed by atoms with E-state index in [4.69, 9.17) is 5.73 Å². The van der Waals surface area contributed by atoms with Gasteiger partial charge in [-0.2, -0.15) is 0 Å². The van der Waals surface area contributed by atoms with Gasteiger partial charge < -0.3 is 10.6 Å². The first-order valence-electron chi connectivity index (χ1n) is 5.61. The van der Waals surface area contributed by atoms with Crippen molar-refractivity contribution in [3.63, 3.8) is 0 Å². The van der Waals surface area contributed by atoms with Gasteiger partial charge in [0.15, 0.2) is 0 Å². The number of rotatable bonds is 5. The number of nitrogens with two attached hydrogens (primary N) is 1. The summed E-state index contributed by atoms with van der Waals surface area (Å²) in [5.41, 5.74) is 8.13. The van der Waals surface area contributed by atoms with Crippen LogP contribution in [0, 0.1) is 12.8 Å². The monoisotopic (exact) mass is 206 g/mol. The van der Waals surface area contributed by atoms with Crippen LogP contribution in [0.5, 0.6) is 0 Å². The second-order valence-electron chi connectivity index (χ2n) is 4.40. The Labute approximate surface area is 93.1 Å². The van der Waals surface area contributed by atoms with Gasteiger partial charge in [0.25, 0.3) is 0 Å². The summed E-state index contributed by atoms with van der Waals surface area (Å²) in [6, 6.07) is 8.65. The molecular weight excluding hydrogens is 184 g/mol. The first-order chi connectivity index (χ1) is 7.13. The summed E-state index contributed by atoms with van der Waals surface area (Å²) in [5.74, 6) is 0.654. The normalized spacial score (nSPS) is 12.5. The predicted molar refractivity (Wildman–Crippen MR) is 67.3 cm³/mol. The summed E-state index contributed by atoms with van der Waals surface area (Å²) >= 11 is 0. The maximum Gasteiger partial charge on any atom is 0.0363 e. The third kappa shape index (κ3) is 3.92. The van der Waals surface area contributed by atoms with Crippen LogP contribution < -0.4 is 10.6 Å². The Bertz CT molecular complexity index is 279. The van der Waals surface area contributed by atoms with Gasteiger partial charge in [0.1, 0.15) is 0 Å². The molecule has 0 aliphatic rings. The Morgan fingerprint density at radius 1 is 1.27 bits per heavy atom. The highest BCUT2D eigenvalue weighted by molar-refractivity contribution is 5.46. The van der Waals surface area contributed by atoms with Crippen molar-refractivity contribution in [3.05, 3.63) is 29.8 Å². The molecule has 15 heavy (non-hydrogen) atoms. The van der Waals surface area contributed by atoms with Gasteiger partial charge in [-0.1, -0.05) is 24.6 Å². The Hall–Kier alpha value is -1.02. The van der Waals surface area contributed by atoms with Gasteiger partial charge in [-0.15, -0.1) is 0 Å². The molecule has 2 heteroatoms. The number of benzene rings is 1. The summed E-state index contributed by atoms with van der Waals surface area (Å²) in [6.45, 7) is 6.21. The van der Waals surface area contributed by atoms with Gasteiger partial charge in [0.05, 0.1) is 0 Å². The zero-order chi connectivity index (χ0) is 11.3. The Morgan fingerprint density at radius 3 is 2.40 bits per heavy atom. The lowest BCUT2D eigenvalue weighted by Crippen LogP contribution is -2.25. The highest BCUT2D eigenvalue weighted by Crippen LogP contribution is 2.15. The lowest BCUT2D eigenvalue weighted by Gasteiger charge is -2.23. The van der Waals surface area contributed by atoms with E-state index in [1.165, 1.54) is 11.3 Å². The van der Waals surface area contributed by atoms with E-state index in [0.717, 1.165) is 19.5 Å². The number of nitrogens with zero attached hydrogens (tertiary/aromatic N) is 1. The smallest absolute Gasteiger partial charge is 0.0363 e. The fraction of sp³-hybridized carbons (Fsp3) is 0.538. The molecule has 2 N–H and O–H groups in total. The van der Waals surface area contributed by atoms with Crippen LogP contribution in [0.4, 0.5) is 5.69 Å². The molecule has 0 aliphatic heterocycles. The molecule has 1 atom stereocenters. The summed E-state index contributed by atoms with van der Waals surface area (Å²) in [5, 5.41) is 0. The third-order valence-corrected chi connectivity index (χ3v) is 2.72. The van der Waals surface area contributed by atoms with Crippen molar-refractivity contribution in [2.24, 2.45) is 11.7 Å². The van der Waals surface area contributed by atoms with Crippen molar-refractivity contribution in [2.45, 2.75) is 20.3 Å². The maximum atomic E-state index is 5.55. The number of anilines is 1. The minimum absolute atomic E-state index is 0.654. The van der Waals surface area contributed by atoms with Crippen LogP contribution in [0.1, 0.15) is 18.9 Å². The lowest BCUT2D eigenvalue weighted by atomic mass is 10.1. The fourth-order valence-electron chi connectivity index (χ4n) is 1.75. The maximum absolute atomic E-state index is 5.55. The summed E-state index contributed by atoms with van der Waals surface area (Å²) in [4.78, 5) is 2.29. The summed E-state index contributed by atoms with van der Waals surface area (Å²) in [7, 11) is 2.14. The van der Waals surface area contributed by atoms with Gasteiger partial charge in [-0.05, 0) is 37.9 Å². The van der Waals surface area contributed by atoms with Crippen LogP contribution >= 0.6 is 0 Å². The van der Waals surface area contributed by atoms with Crippen molar-refractivity contribution >= 4 is 5.69 Å². The average molecular weight is 206 g/mol. The van der Waals surface area contributed by atoms with Gasteiger partial charge >= 0.3 is 0 Å². The zero-order valence-corrected chi connectivity index (χ0v) is 10.0.